The Morgan fingerprint density at radius 2 is 1.58 bits per heavy atom. The molecule has 0 fully saturated rings. The summed E-state index contributed by atoms with van der Waals surface area (Å²) in [6, 6.07) is 9.91. The molecule has 2 rings (SSSR count). The maximum atomic E-state index is 12.3. The van der Waals surface area contributed by atoms with E-state index < -0.39 is 0 Å². The number of carbonyl (C=O) groups excluding carboxylic acids is 1. The van der Waals surface area contributed by atoms with Gasteiger partial charge in [0.05, 0.1) is 0 Å². The van der Waals surface area contributed by atoms with Crippen LogP contribution in [0.1, 0.15) is 38.4 Å². The maximum Gasteiger partial charge on any atom is 0.167 e. The molecule has 0 spiro atoms. The van der Waals surface area contributed by atoms with Crippen molar-refractivity contribution >= 4 is 5.78 Å². The molecule has 2 nitrogen and oxygen atoms in total. The van der Waals surface area contributed by atoms with Crippen molar-refractivity contribution in [2.75, 3.05) is 0 Å². The molecule has 0 aliphatic rings. The van der Waals surface area contributed by atoms with Gasteiger partial charge in [0.2, 0.25) is 0 Å². The Morgan fingerprint density at radius 1 is 0.947 bits per heavy atom. The third-order valence-corrected chi connectivity index (χ3v) is 3.34. The largest absolute Gasteiger partial charge is 0.294 e. The molecule has 0 saturated carbocycles. The molecule has 1 aromatic carbocycles. The molecule has 0 aliphatic carbocycles. The van der Waals surface area contributed by atoms with Gasteiger partial charge in [0.25, 0.3) is 0 Å². The Labute approximate surface area is 114 Å². The summed E-state index contributed by atoms with van der Waals surface area (Å²) in [6.45, 7) is 7.99. The summed E-state index contributed by atoms with van der Waals surface area (Å²) in [5.74, 6) is 0.150. The molecule has 2 aromatic rings. The molecule has 0 atom stereocenters. The lowest BCUT2D eigenvalue weighted by Crippen LogP contribution is -2.05. The van der Waals surface area contributed by atoms with Crippen molar-refractivity contribution in [1.82, 2.24) is 4.98 Å². The minimum Gasteiger partial charge on any atom is -0.294 e. The predicted molar refractivity (Wildman–Crippen MR) is 77.7 cm³/mol. The molecule has 0 amide bonds. The number of hydrogen-bond donors (Lipinski definition) is 0. The Morgan fingerprint density at radius 3 is 2.16 bits per heavy atom. The number of Topliss-reactive ketones (excluding diaryl/α,β-unsaturated/α-hetero) is 1. The highest BCUT2D eigenvalue weighted by molar-refractivity contribution is 5.97. The van der Waals surface area contributed by atoms with E-state index in [2.05, 4.69) is 31.0 Å². The van der Waals surface area contributed by atoms with Gasteiger partial charge in [-0.15, -0.1) is 0 Å². The Hall–Kier alpha value is -1.96. The van der Waals surface area contributed by atoms with Gasteiger partial charge in [0, 0.05) is 23.4 Å². The van der Waals surface area contributed by atoms with Gasteiger partial charge in [-0.25, -0.2) is 0 Å². The molecular formula is C17H19NO. The minimum absolute atomic E-state index is 0.150. The van der Waals surface area contributed by atoms with Crippen molar-refractivity contribution in [2.24, 2.45) is 0 Å². The van der Waals surface area contributed by atoms with Gasteiger partial charge in [-0.1, -0.05) is 18.2 Å². The van der Waals surface area contributed by atoms with E-state index in [1.54, 1.807) is 0 Å². The van der Waals surface area contributed by atoms with Crippen LogP contribution in [0.5, 0.6) is 0 Å². The van der Waals surface area contributed by atoms with Crippen LogP contribution in [0.25, 0.3) is 0 Å². The van der Waals surface area contributed by atoms with E-state index in [-0.39, 0.29) is 5.78 Å². The topological polar surface area (TPSA) is 30.0 Å². The quantitative estimate of drug-likeness (QED) is 0.780. The summed E-state index contributed by atoms with van der Waals surface area (Å²) in [7, 11) is 0. The summed E-state index contributed by atoms with van der Waals surface area (Å²) in [5.41, 5.74) is 6.09. The first-order valence-electron chi connectivity index (χ1n) is 6.50. The molecule has 19 heavy (non-hydrogen) atoms. The highest BCUT2D eigenvalue weighted by Crippen LogP contribution is 2.13. The first-order valence-corrected chi connectivity index (χ1v) is 6.50. The van der Waals surface area contributed by atoms with Crippen molar-refractivity contribution < 1.29 is 4.79 Å². The lowest BCUT2D eigenvalue weighted by atomic mass is 9.99. The van der Waals surface area contributed by atoms with E-state index in [1.807, 2.05) is 32.0 Å². The molecule has 0 radical (unpaired) electrons. The summed E-state index contributed by atoms with van der Waals surface area (Å²) >= 11 is 0. The lowest BCUT2D eigenvalue weighted by Gasteiger charge is -2.06. The van der Waals surface area contributed by atoms with E-state index in [0.29, 0.717) is 6.42 Å². The van der Waals surface area contributed by atoms with Gasteiger partial charge in [-0.2, -0.15) is 0 Å². The van der Waals surface area contributed by atoms with Crippen LogP contribution < -0.4 is 0 Å². The number of ketones is 1. The molecule has 0 aliphatic heterocycles. The number of aryl methyl sites for hydroxylation is 4. The number of hydrogen-bond acceptors (Lipinski definition) is 2. The third kappa shape index (κ3) is 3.28. The van der Waals surface area contributed by atoms with Crippen LogP contribution >= 0.6 is 0 Å². The minimum atomic E-state index is 0.150. The standard InChI is InChI=1S/C17H19NO/c1-11-5-6-15(7-12(11)2)10-17(19)16-8-13(3)18-14(4)9-16/h5-9H,10H2,1-4H3. The zero-order valence-corrected chi connectivity index (χ0v) is 11.9. The van der Waals surface area contributed by atoms with Gasteiger partial charge in [-0.3, -0.25) is 9.78 Å². The monoisotopic (exact) mass is 253 g/mol. The zero-order chi connectivity index (χ0) is 14.0. The van der Waals surface area contributed by atoms with E-state index in [0.717, 1.165) is 22.5 Å². The summed E-state index contributed by atoms with van der Waals surface area (Å²) in [5, 5.41) is 0. The average molecular weight is 253 g/mol. The number of carbonyl (C=O) groups is 1. The highest BCUT2D eigenvalue weighted by atomic mass is 16.1. The highest BCUT2D eigenvalue weighted by Gasteiger charge is 2.09. The molecule has 1 aromatic heterocycles. The first-order chi connectivity index (χ1) is 8.95. The van der Waals surface area contributed by atoms with E-state index in [4.69, 9.17) is 0 Å². The van der Waals surface area contributed by atoms with Crippen molar-refractivity contribution in [3.05, 3.63) is 64.0 Å². The van der Waals surface area contributed by atoms with Crippen LogP contribution in [-0.4, -0.2) is 10.8 Å². The molecule has 0 unspecified atom stereocenters. The van der Waals surface area contributed by atoms with Crippen LogP contribution in [0.3, 0.4) is 0 Å². The van der Waals surface area contributed by atoms with Crippen molar-refractivity contribution in [3.63, 3.8) is 0 Å². The van der Waals surface area contributed by atoms with Gasteiger partial charge >= 0.3 is 0 Å². The van der Waals surface area contributed by atoms with Crippen molar-refractivity contribution in [2.45, 2.75) is 34.1 Å². The van der Waals surface area contributed by atoms with Gasteiger partial charge in [-0.05, 0) is 56.5 Å². The fourth-order valence-electron chi connectivity index (χ4n) is 2.20. The summed E-state index contributed by atoms with van der Waals surface area (Å²) < 4.78 is 0. The fourth-order valence-corrected chi connectivity index (χ4v) is 2.20. The first kappa shape index (κ1) is 13.5. The number of benzene rings is 1. The number of pyridine rings is 1. The molecule has 98 valence electrons. The van der Waals surface area contributed by atoms with Gasteiger partial charge in [0.15, 0.2) is 5.78 Å². The average Bonchev–Trinajstić information content (AvgIpc) is 2.32. The second-order valence-corrected chi connectivity index (χ2v) is 5.16. The Balaban J connectivity index is 2.22. The number of rotatable bonds is 3. The molecule has 0 saturated heterocycles. The SMILES string of the molecule is Cc1cc(C(=O)Cc2ccc(C)c(C)c2)cc(C)n1. The number of nitrogens with zero attached hydrogens (tertiary/aromatic N) is 1. The predicted octanol–water partition coefficient (Wildman–Crippen LogP) is 3.74. The molecule has 0 N–H and O–H groups in total. The van der Waals surface area contributed by atoms with Crippen LogP contribution in [0, 0.1) is 27.7 Å². The van der Waals surface area contributed by atoms with E-state index in [1.165, 1.54) is 11.1 Å². The van der Waals surface area contributed by atoms with Crippen LogP contribution in [-0.2, 0) is 6.42 Å². The third-order valence-electron chi connectivity index (χ3n) is 3.34. The summed E-state index contributed by atoms with van der Waals surface area (Å²) in [6.07, 6.45) is 0.448. The Kier molecular flexibility index (Phi) is 3.79. The smallest absolute Gasteiger partial charge is 0.167 e. The lowest BCUT2D eigenvalue weighted by molar-refractivity contribution is 0.0992. The fraction of sp³-hybridized carbons (Fsp3) is 0.294. The second kappa shape index (κ2) is 5.35. The second-order valence-electron chi connectivity index (χ2n) is 5.16. The van der Waals surface area contributed by atoms with E-state index in [9.17, 15) is 4.79 Å². The molecule has 0 bridgehead atoms. The number of aromatic nitrogens is 1. The molecule has 1 heterocycles. The van der Waals surface area contributed by atoms with Gasteiger partial charge < -0.3 is 0 Å². The van der Waals surface area contributed by atoms with Gasteiger partial charge in [0.1, 0.15) is 0 Å². The van der Waals surface area contributed by atoms with Crippen LogP contribution in [0.4, 0.5) is 0 Å². The Bertz CT molecular complexity index is 609. The zero-order valence-electron chi connectivity index (χ0n) is 11.9. The normalized spacial score (nSPS) is 10.5. The maximum absolute atomic E-state index is 12.3. The summed E-state index contributed by atoms with van der Waals surface area (Å²) in [4.78, 5) is 16.6. The molecule has 2 heteroatoms. The van der Waals surface area contributed by atoms with Crippen molar-refractivity contribution in [3.8, 4) is 0 Å². The molecular weight excluding hydrogens is 234 g/mol. The van der Waals surface area contributed by atoms with Crippen molar-refractivity contribution in [1.29, 1.82) is 0 Å². The van der Waals surface area contributed by atoms with E-state index >= 15 is 0 Å². The van der Waals surface area contributed by atoms with Crippen LogP contribution in [0.2, 0.25) is 0 Å². The van der Waals surface area contributed by atoms with Crippen LogP contribution in [0.15, 0.2) is 30.3 Å².